The summed E-state index contributed by atoms with van der Waals surface area (Å²) in [7, 11) is 0. The molecule has 74 valence electrons. The zero-order valence-corrected chi connectivity index (χ0v) is 9.51. The molecule has 0 amide bonds. The summed E-state index contributed by atoms with van der Waals surface area (Å²) in [4.78, 5) is 3.62. The largest absolute Gasteiger partial charge is 0.121 e. The number of hydrogen-bond acceptors (Lipinski definition) is 2. The lowest BCUT2D eigenvalue weighted by Crippen LogP contribution is -1.86. The second-order valence-electron chi connectivity index (χ2n) is 2.94. The van der Waals surface area contributed by atoms with Crippen LogP contribution in [0.15, 0.2) is 28.2 Å². The highest BCUT2D eigenvalue weighted by molar-refractivity contribution is 8.00. The number of thioether (sulfide) groups is 1. The van der Waals surface area contributed by atoms with Gasteiger partial charge in [0.1, 0.15) is 0 Å². The average molecular weight is 228 g/mol. The fraction of sp³-hybridized carbons (Fsp3) is 0.333. The van der Waals surface area contributed by atoms with Gasteiger partial charge in [0.05, 0.1) is 10.7 Å². The Morgan fingerprint density at radius 2 is 2.21 bits per heavy atom. The first-order chi connectivity index (χ1) is 6.65. The zero-order chi connectivity index (χ0) is 10.6. The molecule has 0 bridgehead atoms. The summed E-state index contributed by atoms with van der Waals surface area (Å²) in [5.41, 5.74) is 8.97. The predicted molar refractivity (Wildman–Crippen MR) is 61.3 cm³/mol. The van der Waals surface area contributed by atoms with Gasteiger partial charge < -0.3 is 0 Å². The van der Waals surface area contributed by atoms with Gasteiger partial charge in [-0.2, -0.15) is 0 Å². The van der Waals surface area contributed by atoms with Gasteiger partial charge in [-0.05, 0) is 11.6 Å². The molecule has 0 atom stereocenters. The van der Waals surface area contributed by atoms with Gasteiger partial charge in [-0.15, -0.1) is 11.8 Å². The molecule has 1 rings (SSSR count). The summed E-state index contributed by atoms with van der Waals surface area (Å²) >= 11 is 7.60. The minimum atomic E-state index is 0.405. The van der Waals surface area contributed by atoms with Crippen molar-refractivity contribution in [1.29, 1.82) is 0 Å². The number of nitrogens with zero attached hydrogens (tertiary/aromatic N) is 3. The fourth-order valence-corrected chi connectivity index (χ4v) is 2.16. The molecule has 3 nitrogen and oxygen atoms in total. The third kappa shape index (κ3) is 2.84. The maximum absolute atomic E-state index is 8.38. The molecule has 5 heteroatoms. The lowest BCUT2D eigenvalue weighted by Gasteiger charge is -2.09. The maximum Gasteiger partial charge on any atom is 0.0546 e. The van der Waals surface area contributed by atoms with Crippen molar-refractivity contribution in [1.82, 2.24) is 0 Å². The molecule has 0 N–H and O–H groups in total. The molecule has 1 aromatic carbocycles. The van der Waals surface area contributed by atoms with Crippen LogP contribution in [0.25, 0.3) is 10.4 Å². The van der Waals surface area contributed by atoms with E-state index in [1.165, 1.54) is 0 Å². The molecule has 0 aromatic heterocycles. The van der Waals surface area contributed by atoms with Crippen molar-refractivity contribution in [3.63, 3.8) is 0 Å². The molecule has 1 aromatic rings. The molecule has 0 unspecified atom stereocenters. The summed E-state index contributed by atoms with van der Waals surface area (Å²) in [5, 5.41) is 4.63. The molecule has 0 aliphatic rings. The van der Waals surface area contributed by atoms with Crippen molar-refractivity contribution in [2.75, 3.05) is 0 Å². The Bertz CT molecular complexity index is 372. The van der Waals surface area contributed by atoms with Gasteiger partial charge in [0.15, 0.2) is 0 Å². The lowest BCUT2D eigenvalue weighted by molar-refractivity contribution is 1.11. The van der Waals surface area contributed by atoms with Crippen LogP contribution in [-0.2, 0) is 0 Å². The SMILES string of the molecule is CC(C)Sc1c(Cl)cccc1N=[N+]=[N-]. The maximum atomic E-state index is 8.38. The van der Waals surface area contributed by atoms with Gasteiger partial charge in [0.2, 0.25) is 0 Å². The van der Waals surface area contributed by atoms with Crippen LogP contribution in [0.4, 0.5) is 5.69 Å². The highest BCUT2D eigenvalue weighted by atomic mass is 35.5. The quantitative estimate of drug-likeness (QED) is 0.317. The molecule has 0 saturated heterocycles. The van der Waals surface area contributed by atoms with Gasteiger partial charge in [-0.3, -0.25) is 0 Å². The molecule has 14 heavy (non-hydrogen) atoms. The standard InChI is InChI=1S/C9H10ClN3S/c1-6(2)14-9-7(10)4-3-5-8(9)12-13-11/h3-6H,1-2H3. The number of hydrogen-bond donors (Lipinski definition) is 0. The molecule has 0 fully saturated rings. The van der Waals surface area contributed by atoms with E-state index in [-0.39, 0.29) is 0 Å². The van der Waals surface area contributed by atoms with E-state index in [1.807, 2.05) is 0 Å². The van der Waals surface area contributed by atoms with E-state index in [0.717, 1.165) is 4.90 Å². The van der Waals surface area contributed by atoms with E-state index in [1.54, 1.807) is 30.0 Å². The molecule has 0 radical (unpaired) electrons. The number of benzene rings is 1. The van der Waals surface area contributed by atoms with Crippen LogP contribution in [0.3, 0.4) is 0 Å². The molecular formula is C9H10ClN3S. The second kappa shape index (κ2) is 5.15. The Morgan fingerprint density at radius 1 is 1.50 bits per heavy atom. The molecule has 0 aliphatic carbocycles. The second-order valence-corrected chi connectivity index (χ2v) is 4.94. The molecule has 0 spiro atoms. The number of rotatable bonds is 3. The lowest BCUT2D eigenvalue weighted by atomic mass is 10.3. The van der Waals surface area contributed by atoms with Crippen molar-refractivity contribution in [3.8, 4) is 0 Å². The first-order valence-corrected chi connectivity index (χ1v) is 5.41. The van der Waals surface area contributed by atoms with E-state index in [2.05, 4.69) is 23.9 Å². The summed E-state index contributed by atoms with van der Waals surface area (Å²) in [5.74, 6) is 0. The monoisotopic (exact) mass is 227 g/mol. The predicted octanol–water partition coefficient (Wildman–Crippen LogP) is 4.78. The Hall–Kier alpha value is -0.830. The van der Waals surface area contributed by atoms with Crippen molar-refractivity contribution in [3.05, 3.63) is 33.7 Å². The molecule has 0 heterocycles. The molecule has 0 saturated carbocycles. The zero-order valence-electron chi connectivity index (χ0n) is 7.94. The van der Waals surface area contributed by atoms with Crippen molar-refractivity contribution < 1.29 is 0 Å². The van der Waals surface area contributed by atoms with Crippen LogP contribution in [0.1, 0.15) is 13.8 Å². The van der Waals surface area contributed by atoms with Crippen LogP contribution in [-0.4, -0.2) is 5.25 Å². The van der Waals surface area contributed by atoms with Crippen molar-refractivity contribution >= 4 is 29.1 Å². The van der Waals surface area contributed by atoms with Crippen LogP contribution in [0.5, 0.6) is 0 Å². The minimum absolute atomic E-state index is 0.405. The molecular weight excluding hydrogens is 218 g/mol. The number of halogens is 1. The summed E-state index contributed by atoms with van der Waals surface area (Å²) in [6.45, 7) is 4.13. The highest BCUT2D eigenvalue weighted by Crippen LogP contribution is 2.38. The highest BCUT2D eigenvalue weighted by Gasteiger charge is 2.07. The first-order valence-electron chi connectivity index (χ1n) is 4.15. The van der Waals surface area contributed by atoms with Crippen LogP contribution in [0.2, 0.25) is 5.02 Å². The Labute approximate surface area is 92.1 Å². The van der Waals surface area contributed by atoms with Crippen LogP contribution in [0, 0.1) is 0 Å². The van der Waals surface area contributed by atoms with E-state index >= 15 is 0 Å². The summed E-state index contributed by atoms with van der Waals surface area (Å²) in [6, 6.07) is 5.33. The fourth-order valence-electron chi connectivity index (χ4n) is 0.977. The van der Waals surface area contributed by atoms with E-state index in [4.69, 9.17) is 17.1 Å². The number of azide groups is 1. The third-order valence-electron chi connectivity index (χ3n) is 1.45. The van der Waals surface area contributed by atoms with Gasteiger partial charge in [-0.25, -0.2) is 0 Å². The van der Waals surface area contributed by atoms with Crippen LogP contribution < -0.4 is 0 Å². The minimum Gasteiger partial charge on any atom is -0.121 e. The first kappa shape index (κ1) is 11.2. The van der Waals surface area contributed by atoms with Gasteiger partial charge >= 0.3 is 0 Å². The van der Waals surface area contributed by atoms with Gasteiger partial charge in [-0.1, -0.05) is 42.7 Å². The van der Waals surface area contributed by atoms with Crippen LogP contribution >= 0.6 is 23.4 Å². The van der Waals surface area contributed by atoms with Crippen molar-refractivity contribution in [2.45, 2.75) is 24.0 Å². The van der Waals surface area contributed by atoms with E-state index < -0.39 is 0 Å². The van der Waals surface area contributed by atoms with Crippen molar-refractivity contribution in [2.24, 2.45) is 5.11 Å². The smallest absolute Gasteiger partial charge is 0.0546 e. The third-order valence-corrected chi connectivity index (χ3v) is 3.02. The average Bonchev–Trinajstić information content (AvgIpc) is 2.11. The van der Waals surface area contributed by atoms with E-state index in [9.17, 15) is 0 Å². The van der Waals surface area contributed by atoms with Gasteiger partial charge in [0, 0.05) is 15.1 Å². The summed E-state index contributed by atoms with van der Waals surface area (Å²) in [6.07, 6.45) is 0. The Morgan fingerprint density at radius 3 is 2.79 bits per heavy atom. The van der Waals surface area contributed by atoms with Gasteiger partial charge in [0.25, 0.3) is 0 Å². The Kier molecular flexibility index (Phi) is 4.14. The topological polar surface area (TPSA) is 48.8 Å². The van der Waals surface area contributed by atoms with E-state index in [0.29, 0.717) is 16.0 Å². The molecule has 0 aliphatic heterocycles. The Balaban J connectivity index is 3.14. The normalized spacial score (nSPS) is 10.0. The summed E-state index contributed by atoms with van der Waals surface area (Å²) < 4.78 is 0.